The Balaban J connectivity index is 1.54. The minimum Gasteiger partial charge on any atom is -0.497 e. The zero-order chi connectivity index (χ0) is 19.1. The lowest BCUT2D eigenvalue weighted by atomic mass is 10.2. The summed E-state index contributed by atoms with van der Waals surface area (Å²) in [6, 6.07) is 15.0. The molecule has 0 atom stereocenters. The maximum Gasteiger partial charge on any atom is 0.246 e. The molecule has 1 heterocycles. The molecule has 0 aliphatic carbocycles. The van der Waals surface area contributed by atoms with Crippen molar-refractivity contribution in [3.8, 4) is 22.9 Å². The second kappa shape index (κ2) is 9.00. The van der Waals surface area contributed by atoms with Crippen LogP contribution in [-0.4, -0.2) is 29.0 Å². The lowest BCUT2D eigenvalue weighted by molar-refractivity contribution is 0.340. The van der Waals surface area contributed by atoms with Crippen molar-refractivity contribution in [3.05, 3.63) is 54.4 Å². The molecule has 1 aromatic heterocycles. The highest BCUT2D eigenvalue weighted by Crippen LogP contribution is 2.21. The minimum atomic E-state index is 0.319. The van der Waals surface area contributed by atoms with E-state index in [1.54, 1.807) is 7.11 Å². The largest absolute Gasteiger partial charge is 0.497 e. The van der Waals surface area contributed by atoms with Gasteiger partial charge >= 0.3 is 0 Å². The van der Waals surface area contributed by atoms with Crippen molar-refractivity contribution in [2.45, 2.75) is 13.5 Å². The number of aromatic nitrogens is 2. The van der Waals surface area contributed by atoms with Gasteiger partial charge in [0.25, 0.3) is 0 Å². The second-order valence-corrected chi connectivity index (χ2v) is 5.92. The van der Waals surface area contributed by atoms with Crippen LogP contribution in [0.5, 0.6) is 11.5 Å². The van der Waals surface area contributed by atoms with Gasteiger partial charge in [-0.05, 0) is 55.5 Å². The van der Waals surface area contributed by atoms with Crippen molar-refractivity contribution in [3.63, 3.8) is 0 Å². The van der Waals surface area contributed by atoms with Crippen LogP contribution in [-0.2, 0) is 6.54 Å². The minimum absolute atomic E-state index is 0.319. The van der Waals surface area contributed by atoms with E-state index in [4.69, 9.17) is 26.2 Å². The highest BCUT2D eigenvalue weighted by atomic mass is 32.1. The number of hydrogen-bond donors (Lipinski definition) is 2. The summed E-state index contributed by atoms with van der Waals surface area (Å²) in [4.78, 5) is 4.37. The predicted octanol–water partition coefficient (Wildman–Crippen LogP) is 3.63. The summed E-state index contributed by atoms with van der Waals surface area (Å²) < 4.78 is 15.9. The summed E-state index contributed by atoms with van der Waals surface area (Å²) in [5, 5.41) is 10.6. The molecule has 7 nitrogen and oxygen atoms in total. The Morgan fingerprint density at radius 1 is 1.15 bits per heavy atom. The fourth-order valence-electron chi connectivity index (χ4n) is 2.34. The maximum absolute atomic E-state index is 5.41. The molecule has 0 aliphatic heterocycles. The fourth-order valence-corrected chi connectivity index (χ4v) is 2.53. The average molecular weight is 384 g/mol. The molecule has 0 spiro atoms. The molecule has 3 rings (SSSR count). The normalized spacial score (nSPS) is 10.3. The molecule has 0 fully saturated rings. The number of rotatable bonds is 7. The topological polar surface area (TPSA) is 81.4 Å². The molecule has 0 aliphatic rings. The number of ether oxygens (including phenoxy) is 2. The highest BCUT2D eigenvalue weighted by Gasteiger charge is 2.10. The molecular formula is C19H20N4O3S. The summed E-state index contributed by atoms with van der Waals surface area (Å²) in [6.07, 6.45) is 0. The first-order chi connectivity index (χ1) is 13.2. The Bertz CT molecular complexity index is 896. The first kappa shape index (κ1) is 18.7. The van der Waals surface area contributed by atoms with Crippen LogP contribution in [0.3, 0.4) is 0 Å². The first-order valence-corrected chi connectivity index (χ1v) is 8.83. The molecule has 0 unspecified atom stereocenters. The van der Waals surface area contributed by atoms with Crippen molar-refractivity contribution in [2.24, 2.45) is 0 Å². The van der Waals surface area contributed by atoms with E-state index < -0.39 is 0 Å². The Labute approximate surface area is 162 Å². The van der Waals surface area contributed by atoms with E-state index in [-0.39, 0.29) is 0 Å². The van der Waals surface area contributed by atoms with E-state index in [1.165, 1.54) is 0 Å². The zero-order valence-corrected chi connectivity index (χ0v) is 15.9. The fraction of sp³-hybridized carbons (Fsp3) is 0.211. The van der Waals surface area contributed by atoms with Crippen molar-refractivity contribution in [1.29, 1.82) is 0 Å². The Morgan fingerprint density at radius 3 is 2.70 bits per heavy atom. The van der Waals surface area contributed by atoms with Gasteiger partial charge in [-0.25, -0.2) is 0 Å². The molecule has 0 saturated carbocycles. The number of benzene rings is 2. The monoisotopic (exact) mass is 384 g/mol. The van der Waals surface area contributed by atoms with Crippen LogP contribution in [0.2, 0.25) is 0 Å². The summed E-state index contributed by atoms with van der Waals surface area (Å²) in [5.41, 5.74) is 1.68. The van der Waals surface area contributed by atoms with Gasteiger partial charge in [-0.2, -0.15) is 4.98 Å². The SMILES string of the molecule is CCOc1ccc(NC(=S)NCc2nc(-c3cccc(OC)c3)no2)cc1. The van der Waals surface area contributed by atoms with E-state index in [0.29, 0.717) is 30.0 Å². The van der Waals surface area contributed by atoms with Gasteiger partial charge in [0.05, 0.1) is 20.3 Å². The molecule has 0 radical (unpaired) electrons. The Hall–Kier alpha value is -3.13. The average Bonchev–Trinajstić information content (AvgIpc) is 3.17. The van der Waals surface area contributed by atoms with Crippen molar-refractivity contribution in [2.75, 3.05) is 19.0 Å². The summed E-state index contributed by atoms with van der Waals surface area (Å²) >= 11 is 5.29. The van der Waals surface area contributed by atoms with E-state index in [0.717, 1.165) is 22.7 Å². The summed E-state index contributed by atoms with van der Waals surface area (Å²) in [6.45, 7) is 2.90. The molecule has 140 valence electrons. The molecule has 2 aromatic carbocycles. The van der Waals surface area contributed by atoms with E-state index in [2.05, 4.69) is 20.8 Å². The molecule has 0 saturated heterocycles. The van der Waals surface area contributed by atoms with Crippen molar-refractivity contribution < 1.29 is 14.0 Å². The van der Waals surface area contributed by atoms with E-state index in [9.17, 15) is 0 Å². The molecular weight excluding hydrogens is 364 g/mol. The predicted molar refractivity (Wildman–Crippen MR) is 107 cm³/mol. The Morgan fingerprint density at radius 2 is 1.96 bits per heavy atom. The molecule has 8 heteroatoms. The lowest BCUT2D eigenvalue weighted by Crippen LogP contribution is -2.27. The Kier molecular flexibility index (Phi) is 6.22. The standard InChI is InChI=1S/C19H20N4O3S/c1-3-25-15-9-7-14(8-10-15)21-19(27)20-12-17-22-18(23-26-17)13-5-4-6-16(11-13)24-2/h4-11H,3,12H2,1-2H3,(H2,20,21,27). The van der Waals surface area contributed by atoms with Crippen molar-refractivity contribution in [1.82, 2.24) is 15.5 Å². The van der Waals surface area contributed by atoms with E-state index in [1.807, 2.05) is 55.5 Å². The van der Waals surface area contributed by atoms with Gasteiger partial charge in [-0.1, -0.05) is 17.3 Å². The van der Waals surface area contributed by atoms with Crippen LogP contribution >= 0.6 is 12.2 Å². The molecule has 0 amide bonds. The highest BCUT2D eigenvalue weighted by molar-refractivity contribution is 7.80. The summed E-state index contributed by atoms with van der Waals surface area (Å²) in [7, 11) is 1.61. The third-order valence-electron chi connectivity index (χ3n) is 3.62. The van der Waals surface area contributed by atoms with Crippen LogP contribution < -0.4 is 20.1 Å². The molecule has 0 bridgehead atoms. The zero-order valence-electron chi connectivity index (χ0n) is 15.1. The number of thiocarbonyl (C=S) groups is 1. The van der Waals surface area contributed by atoms with Gasteiger partial charge in [0.2, 0.25) is 11.7 Å². The third kappa shape index (κ3) is 5.18. The molecule has 2 N–H and O–H groups in total. The molecule has 3 aromatic rings. The lowest BCUT2D eigenvalue weighted by Gasteiger charge is -2.09. The van der Waals surface area contributed by atoms with Gasteiger partial charge in [0, 0.05) is 11.3 Å². The number of nitrogens with one attached hydrogen (secondary N) is 2. The smallest absolute Gasteiger partial charge is 0.246 e. The van der Waals surface area contributed by atoms with E-state index >= 15 is 0 Å². The third-order valence-corrected chi connectivity index (χ3v) is 3.87. The van der Waals surface area contributed by atoms with Gasteiger partial charge in [0.15, 0.2) is 5.11 Å². The van der Waals surface area contributed by atoms with Crippen molar-refractivity contribution >= 4 is 23.0 Å². The number of methoxy groups -OCH3 is 1. The maximum atomic E-state index is 5.41. The van der Waals surface area contributed by atoms with Crippen LogP contribution in [0, 0.1) is 0 Å². The van der Waals surface area contributed by atoms with Gasteiger partial charge < -0.3 is 24.6 Å². The number of anilines is 1. The van der Waals surface area contributed by atoms with Crippen LogP contribution in [0.25, 0.3) is 11.4 Å². The van der Waals surface area contributed by atoms with Gasteiger partial charge in [0.1, 0.15) is 11.5 Å². The van der Waals surface area contributed by atoms with Crippen LogP contribution in [0.15, 0.2) is 53.1 Å². The van der Waals surface area contributed by atoms with Crippen LogP contribution in [0.1, 0.15) is 12.8 Å². The van der Waals surface area contributed by atoms with Gasteiger partial charge in [-0.15, -0.1) is 0 Å². The van der Waals surface area contributed by atoms with Gasteiger partial charge in [-0.3, -0.25) is 0 Å². The number of hydrogen-bond acceptors (Lipinski definition) is 6. The molecule has 27 heavy (non-hydrogen) atoms. The van der Waals surface area contributed by atoms with Crippen LogP contribution in [0.4, 0.5) is 5.69 Å². The summed E-state index contributed by atoms with van der Waals surface area (Å²) in [5.74, 6) is 2.48. The quantitative estimate of drug-likeness (QED) is 0.598. The first-order valence-electron chi connectivity index (χ1n) is 8.42. The second-order valence-electron chi connectivity index (χ2n) is 5.51. The number of nitrogens with zero attached hydrogens (tertiary/aromatic N) is 2.